The van der Waals surface area contributed by atoms with Crippen molar-refractivity contribution in [1.29, 1.82) is 0 Å². The van der Waals surface area contributed by atoms with Crippen molar-refractivity contribution in [1.82, 2.24) is 19.6 Å². The zero-order valence-corrected chi connectivity index (χ0v) is 10.6. The van der Waals surface area contributed by atoms with Gasteiger partial charge in [0.1, 0.15) is 5.65 Å². The van der Waals surface area contributed by atoms with E-state index in [2.05, 4.69) is 15.2 Å². The number of carbonyl (C=O) groups excluding carboxylic acids is 1. The van der Waals surface area contributed by atoms with Crippen LogP contribution in [0, 0.1) is 5.92 Å². The lowest BCUT2D eigenvalue weighted by Gasteiger charge is -2.23. The van der Waals surface area contributed by atoms with Gasteiger partial charge in [0.2, 0.25) is 0 Å². The van der Waals surface area contributed by atoms with Crippen molar-refractivity contribution in [3.63, 3.8) is 0 Å². The van der Waals surface area contributed by atoms with Crippen LogP contribution >= 0.6 is 0 Å². The summed E-state index contributed by atoms with van der Waals surface area (Å²) in [7, 11) is 0. The first-order chi connectivity index (χ1) is 9.29. The van der Waals surface area contributed by atoms with Gasteiger partial charge in [-0.15, -0.1) is 0 Å². The largest absolute Gasteiger partial charge is 0.348 e. The highest BCUT2D eigenvalue weighted by molar-refractivity contribution is 5.95. The van der Waals surface area contributed by atoms with Crippen LogP contribution in [0.1, 0.15) is 16.8 Å². The molecular formula is C14H16N4O. The van der Waals surface area contributed by atoms with Gasteiger partial charge in [-0.25, -0.2) is 4.98 Å². The van der Waals surface area contributed by atoms with Gasteiger partial charge in [-0.1, -0.05) is 0 Å². The average molecular weight is 256 g/mol. The van der Waals surface area contributed by atoms with Crippen LogP contribution in [-0.4, -0.2) is 45.9 Å². The molecule has 2 aromatic rings. The molecule has 3 atom stereocenters. The number of fused-ring (bicyclic) bond motifs is 3. The molecule has 4 rings (SSSR count). The summed E-state index contributed by atoms with van der Waals surface area (Å²) >= 11 is 0. The minimum Gasteiger partial charge on any atom is -0.348 e. The standard InChI is InChI=1S/C14H16N4O/c19-14(16-12-9-17-4-1-11(12)8-17)10-2-5-18-6-3-15-13(18)7-10/h2-3,5-7,11-12H,1,4,8-9H2,(H,16,19)/t11-,12?/m0/s1. The fourth-order valence-electron chi connectivity index (χ4n) is 3.25. The van der Waals surface area contributed by atoms with E-state index in [-0.39, 0.29) is 5.91 Å². The van der Waals surface area contributed by atoms with E-state index in [1.165, 1.54) is 13.0 Å². The van der Waals surface area contributed by atoms with E-state index < -0.39 is 0 Å². The van der Waals surface area contributed by atoms with Crippen LogP contribution in [0.15, 0.2) is 30.7 Å². The van der Waals surface area contributed by atoms with Gasteiger partial charge in [0.15, 0.2) is 0 Å². The molecule has 2 unspecified atom stereocenters. The summed E-state index contributed by atoms with van der Waals surface area (Å²) in [5.74, 6) is 0.656. The Hall–Kier alpha value is -1.88. The number of carbonyl (C=O) groups is 1. The fraction of sp³-hybridized carbons (Fsp3) is 0.429. The van der Waals surface area contributed by atoms with E-state index in [0.29, 0.717) is 17.5 Å². The Morgan fingerprint density at radius 3 is 3.11 bits per heavy atom. The average Bonchev–Trinajstić information content (AvgIpc) is 3.13. The third-order valence-electron chi connectivity index (χ3n) is 4.31. The highest BCUT2D eigenvalue weighted by atomic mass is 16.1. The Morgan fingerprint density at radius 1 is 1.37 bits per heavy atom. The molecule has 2 aliphatic heterocycles. The van der Waals surface area contributed by atoms with E-state index in [9.17, 15) is 4.79 Å². The summed E-state index contributed by atoms with van der Waals surface area (Å²) in [5, 5.41) is 3.17. The summed E-state index contributed by atoms with van der Waals surface area (Å²) in [4.78, 5) is 18.9. The molecule has 0 aliphatic carbocycles. The minimum absolute atomic E-state index is 0.0178. The highest BCUT2D eigenvalue weighted by Crippen LogP contribution is 2.27. The van der Waals surface area contributed by atoms with Crippen LogP contribution in [-0.2, 0) is 0 Å². The van der Waals surface area contributed by atoms with Gasteiger partial charge < -0.3 is 14.6 Å². The second kappa shape index (κ2) is 4.06. The zero-order valence-electron chi connectivity index (χ0n) is 10.6. The molecule has 5 heteroatoms. The lowest BCUT2D eigenvalue weighted by atomic mass is 10.00. The topological polar surface area (TPSA) is 49.6 Å². The van der Waals surface area contributed by atoms with Crippen molar-refractivity contribution >= 4 is 11.6 Å². The molecule has 19 heavy (non-hydrogen) atoms. The number of amides is 1. The maximum Gasteiger partial charge on any atom is 0.251 e. The Kier molecular flexibility index (Phi) is 2.35. The van der Waals surface area contributed by atoms with Gasteiger partial charge >= 0.3 is 0 Å². The summed E-state index contributed by atoms with van der Waals surface area (Å²) in [6.45, 7) is 3.34. The van der Waals surface area contributed by atoms with Gasteiger partial charge in [-0.05, 0) is 31.0 Å². The Morgan fingerprint density at radius 2 is 2.32 bits per heavy atom. The third-order valence-corrected chi connectivity index (χ3v) is 4.31. The lowest BCUT2D eigenvalue weighted by molar-refractivity contribution is 0.0924. The molecule has 0 aromatic carbocycles. The smallest absolute Gasteiger partial charge is 0.251 e. The first-order valence-corrected chi connectivity index (χ1v) is 6.75. The fourth-order valence-corrected chi connectivity index (χ4v) is 3.25. The summed E-state index contributed by atoms with van der Waals surface area (Å²) in [6, 6.07) is 4.00. The number of hydrogen-bond acceptors (Lipinski definition) is 3. The molecule has 2 saturated heterocycles. The lowest BCUT2D eigenvalue weighted by Crippen LogP contribution is -2.43. The summed E-state index contributed by atoms with van der Waals surface area (Å²) in [6.07, 6.45) is 6.70. The molecule has 98 valence electrons. The number of rotatable bonds is 2. The molecule has 2 aliphatic rings. The van der Waals surface area contributed by atoms with E-state index in [1.54, 1.807) is 6.20 Å². The van der Waals surface area contributed by atoms with Gasteiger partial charge in [0, 0.05) is 43.3 Å². The van der Waals surface area contributed by atoms with E-state index in [0.717, 1.165) is 18.7 Å². The van der Waals surface area contributed by atoms with Crippen LogP contribution in [0.3, 0.4) is 0 Å². The molecule has 1 amide bonds. The Balaban J connectivity index is 1.53. The number of piperidine rings is 1. The summed E-state index contributed by atoms with van der Waals surface area (Å²) < 4.78 is 1.90. The van der Waals surface area contributed by atoms with Gasteiger partial charge in [-0.3, -0.25) is 4.79 Å². The van der Waals surface area contributed by atoms with Crippen LogP contribution < -0.4 is 5.32 Å². The molecule has 0 radical (unpaired) electrons. The van der Waals surface area contributed by atoms with Crippen LogP contribution in [0.5, 0.6) is 0 Å². The van der Waals surface area contributed by atoms with Crippen molar-refractivity contribution in [3.05, 3.63) is 36.3 Å². The predicted molar refractivity (Wildman–Crippen MR) is 71.0 cm³/mol. The molecule has 2 aromatic heterocycles. The number of nitrogens with one attached hydrogen (secondary N) is 1. The van der Waals surface area contributed by atoms with E-state index in [4.69, 9.17) is 0 Å². The second-order valence-electron chi connectivity index (χ2n) is 5.50. The third kappa shape index (κ3) is 1.81. The molecule has 0 spiro atoms. The number of nitrogens with zero attached hydrogens (tertiary/aromatic N) is 3. The molecule has 2 fully saturated rings. The monoisotopic (exact) mass is 256 g/mol. The molecule has 0 saturated carbocycles. The van der Waals surface area contributed by atoms with Crippen molar-refractivity contribution in [2.75, 3.05) is 19.6 Å². The molecule has 4 heterocycles. The molecule has 2 bridgehead atoms. The quantitative estimate of drug-likeness (QED) is 0.863. The Bertz CT molecular complexity index is 635. The van der Waals surface area contributed by atoms with E-state index in [1.807, 2.05) is 28.9 Å². The molecule has 5 nitrogen and oxygen atoms in total. The Labute approximate surface area is 111 Å². The van der Waals surface area contributed by atoms with Crippen molar-refractivity contribution in [2.24, 2.45) is 5.92 Å². The minimum atomic E-state index is 0.0178. The van der Waals surface area contributed by atoms with Crippen molar-refractivity contribution < 1.29 is 4.79 Å². The molecular weight excluding hydrogens is 240 g/mol. The predicted octanol–water partition coefficient (Wildman–Crippen LogP) is 0.768. The molecule has 1 N–H and O–H groups in total. The number of aromatic nitrogens is 2. The maximum atomic E-state index is 12.3. The summed E-state index contributed by atoms with van der Waals surface area (Å²) in [5.41, 5.74) is 1.50. The van der Waals surface area contributed by atoms with Gasteiger partial charge in [0.25, 0.3) is 5.91 Å². The first-order valence-electron chi connectivity index (χ1n) is 6.75. The number of imidazole rings is 1. The maximum absolute atomic E-state index is 12.3. The van der Waals surface area contributed by atoms with Crippen molar-refractivity contribution in [3.8, 4) is 0 Å². The highest BCUT2D eigenvalue weighted by Gasteiger charge is 2.38. The van der Waals surface area contributed by atoms with Crippen molar-refractivity contribution in [2.45, 2.75) is 12.5 Å². The number of pyridine rings is 1. The normalized spacial score (nSPS) is 28.9. The van der Waals surface area contributed by atoms with Crippen LogP contribution in [0.25, 0.3) is 5.65 Å². The van der Waals surface area contributed by atoms with Crippen LogP contribution in [0.2, 0.25) is 0 Å². The second-order valence-corrected chi connectivity index (χ2v) is 5.50. The van der Waals surface area contributed by atoms with Crippen LogP contribution in [0.4, 0.5) is 0 Å². The van der Waals surface area contributed by atoms with Gasteiger partial charge in [-0.2, -0.15) is 0 Å². The first kappa shape index (κ1) is 11.0. The van der Waals surface area contributed by atoms with E-state index >= 15 is 0 Å². The van der Waals surface area contributed by atoms with Gasteiger partial charge in [0.05, 0.1) is 0 Å². The zero-order chi connectivity index (χ0) is 12.8. The number of hydrogen-bond donors (Lipinski definition) is 1. The SMILES string of the molecule is O=C(NC1CN2CC[C@H]1C2)c1ccn2ccnc2c1.